The zero-order chi connectivity index (χ0) is 23.3. The fourth-order valence-electron chi connectivity index (χ4n) is 1.59. The van der Waals surface area contributed by atoms with Gasteiger partial charge in [0.1, 0.15) is 5.75 Å². The second-order valence-corrected chi connectivity index (χ2v) is 5.86. The zero-order valence-electron chi connectivity index (χ0n) is 17.0. The molecule has 5 nitrogen and oxygen atoms in total. The van der Waals surface area contributed by atoms with E-state index in [1.54, 1.807) is 21.0 Å². The number of amides is 1. The molecule has 168 valence electrons. The highest BCUT2D eigenvalue weighted by Gasteiger charge is 2.27. The highest BCUT2D eigenvalue weighted by molar-refractivity contribution is 7.31. The molecule has 2 rings (SSSR count). The van der Waals surface area contributed by atoms with Crippen LogP contribution >= 0.6 is 8.96 Å². The maximum Gasteiger partial charge on any atom is 0.412 e. The third kappa shape index (κ3) is 8.82. The first-order chi connectivity index (χ1) is 14.2. The van der Waals surface area contributed by atoms with Crippen molar-refractivity contribution in [3.05, 3.63) is 59.4 Å². The van der Waals surface area contributed by atoms with Crippen molar-refractivity contribution in [2.24, 2.45) is 0 Å². The van der Waals surface area contributed by atoms with Crippen molar-refractivity contribution in [2.45, 2.75) is 33.8 Å². The number of para-hydroxylation sites is 1. The van der Waals surface area contributed by atoms with E-state index in [1.165, 1.54) is 0 Å². The minimum absolute atomic E-state index is 0.450. The molecule has 0 aromatic heterocycles. The molecule has 1 unspecified atom stereocenters. The highest BCUT2D eigenvalue weighted by Crippen LogP contribution is 2.31. The van der Waals surface area contributed by atoms with E-state index in [2.05, 4.69) is 9.26 Å². The van der Waals surface area contributed by atoms with Gasteiger partial charge in [0.15, 0.2) is 8.96 Å². The molecule has 30 heavy (non-hydrogen) atoms. The first-order valence-electron chi connectivity index (χ1n) is 8.67. The standard InChI is InChI=1S/C10H9F5NO3P.C7H8O.C2H6/c1-3(2)18-10(17)16-20-19-9-7(14)5(12)4(11)6(13)8(9)15;1-8-7-5-3-2-4-6-7;1-2/h3,20H,1-2H3,(H,16,17);2-6H,1H3;1-2H3. The maximum absolute atomic E-state index is 13.2. The average molecular weight is 455 g/mol. The number of carbonyl (C=O) groups is 1. The van der Waals surface area contributed by atoms with Crippen LogP contribution in [0.2, 0.25) is 0 Å². The lowest BCUT2D eigenvalue weighted by atomic mass is 10.3. The van der Waals surface area contributed by atoms with Gasteiger partial charge in [-0.1, -0.05) is 32.0 Å². The first-order valence-corrected chi connectivity index (χ1v) is 9.58. The Morgan fingerprint density at radius 3 is 1.77 bits per heavy atom. The van der Waals surface area contributed by atoms with Crippen LogP contribution in [0.15, 0.2) is 30.3 Å². The Kier molecular flexibility index (Phi) is 13.1. The van der Waals surface area contributed by atoms with E-state index in [0.29, 0.717) is 0 Å². The van der Waals surface area contributed by atoms with Crippen molar-refractivity contribution < 1.29 is 40.7 Å². The van der Waals surface area contributed by atoms with Crippen LogP contribution in [0.25, 0.3) is 0 Å². The number of hydrogen-bond donors (Lipinski definition) is 1. The summed E-state index contributed by atoms with van der Waals surface area (Å²) in [6, 6.07) is 9.68. The number of rotatable bonds is 5. The predicted octanol–water partition coefficient (Wildman–Crippen LogP) is 6.13. The van der Waals surface area contributed by atoms with Crippen LogP contribution in [0.4, 0.5) is 26.7 Å². The van der Waals surface area contributed by atoms with Gasteiger partial charge >= 0.3 is 6.09 Å². The van der Waals surface area contributed by atoms with Gasteiger partial charge in [0, 0.05) is 0 Å². The fourth-order valence-corrected chi connectivity index (χ4v) is 2.07. The smallest absolute Gasteiger partial charge is 0.412 e. The average Bonchev–Trinajstić information content (AvgIpc) is 2.75. The molecule has 1 amide bonds. The lowest BCUT2D eigenvalue weighted by molar-refractivity contribution is 0.121. The summed E-state index contributed by atoms with van der Waals surface area (Å²) in [5, 5.41) is 1.94. The van der Waals surface area contributed by atoms with Crippen molar-refractivity contribution in [2.75, 3.05) is 7.11 Å². The van der Waals surface area contributed by atoms with E-state index >= 15 is 0 Å². The molecule has 0 heterocycles. The number of ether oxygens (including phenoxy) is 2. The Balaban J connectivity index is 0.000000696. The Hall–Kier alpha value is -2.61. The Bertz CT molecular complexity index is 765. The van der Waals surface area contributed by atoms with E-state index in [0.717, 1.165) is 5.75 Å². The summed E-state index contributed by atoms with van der Waals surface area (Å²) in [4.78, 5) is 11.0. The number of carbonyl (C=O) groups excluding carboxylic acids is 1. The third-order valence-electron chi connectivity index (χ3n) is 2.80. The summed E-state index contributed by atoms with van der Waals surface area (Å²) in [5.41, 5.74) is 0. The monoisotopic (exact) mass is 455 g/mol. The second kappa shape index (κ2) is 14.4. The van der Waals surface area contributed by atoms with E-state index < -0.39 is 56.0 Å². The third-order valence-corrected chi connectivity index (χ3v) is 3.41. The van der Waals surface area contributed by atoms with Crippen LogP contribution in [0.1, 0.15) is 27.7 Å². The fraction of sp³-hybridized carbons (Fsp3) is 0.316. The molecule has 1 atom stereocenters. The summed E-state index contributed by atoms with van der Waals surface area (Å²) in [5.74, 6) is -11.3. The largest absolute Gasteiger partial charge is 0.497 e. The summed E-state index contributed by atoms with van der Waals surface area (Å²) in [6.07, 6.45) is -1.41. The van der Waals surface area contributed by atoms with Gasteiger partial charge in [-0.3, -0.25) is 5.09 Å². The van der Waals surface area contributed by atoms with Crippen LogP contribution in [-0.2, 0) is 4.74 Å². The van der Waals surface area contributed by atoms with Gasteiger partial charge in [-0.2, -0.15) is 8.78 Å². The molecule has 0 aliphatic carbocycles. The molecule has 2 aromatic carbocycles. The molecular formula is C19H23F5NO4P. The Morgan fingerprint density at radius 2 is 1.37 bits per heavy atom. The van der Waals surface area contributed by atoms with Crippen LogP contribution in [0.3, 0.4) is 0 Å². The topological polar surface area (TPSA) is 56.8 Å². The molecular weight excluding hydrogens is 432 g/mol. The van der Waals surface area contributed by atoms with Crippen molar-refractivity contribution in [1.82, 2.24) is 5.09 Å². The van der Waals surface area contributed by atoms with Crippen LogP contribution in [-0.4, -0.2) is 19.3 Å². The summed E-state index contributed by atoms with van der Waals surface area (Å²) in [7, 11) is 0.574. The molecule has 0 bridgehead atoms. The van der Waals surface area contributed by atoms with Crippen LogP contribution in [0, 0.1) is 29.1 Å². The quantitative estimate of drug-likeness (QED) is 0.255. The Morgan fingerprint density at radius 1 is 0.900 bits per heavy atom. The first kappa shape index (κ1) is 27.4. The number of nitrogens with one attached hydrogen (secondary N) is 1. The van der Waals surface area contributed by atoms with Gasteiger partial charge in [-0.25, -0.2) is 18.0 Å². The van der Waals surface area contributed by atoms with Gasteiger partial charge in [-0.05, 0) is 26.0 Å². The molecule has 0 aliphatic rings. The van der Waals surface area contributed by atoms with Crippen molar-refractivity contribution in [1.29, 1.82) is 0 Å². The minimum Gasteiger partial charge on any atom is -0.497 e. The normalized spacial score (nSPS) is 9.97. The van der Waals surface area contributed by atoms with Crippen molar-refractivity contribution >= 4 is 15.1 Å². The van der Waals surface area contributed by atoms with Crippen LogP contribution < -0.4 is 14.3 Å². The summed E-state index contributed by atoms with van der Waals surface area (Å²) >= 11 is 0. The van der Waals surface area contributed by atoms with Gasteiger partial charge < -0.3 is 14.0 Å². The maximum atomic E-state index is 13.2. The molecule has 11 heteroatoms. The van der Waals surface area contributed by atoms with E-state index in [4.69, 9.17) is 4.74 Å². The van der Waals surface area contributed by atoms with Crippen molar-refractivity contribution in [3.63, 3.8) is 0 Å². The number of benzene rings is 2. The van der Waals surface area contributed by atoms with Gasteiger partial charge in [-0.15, -0.1) is 0 Å². The van der Waals surface area contributed by atoms with Crippen molar-refractivity contribution in [3.8, 4) is 11.5 Å². The molecule has 0 radical (unpaired) electrons. The van der Waals surface area contributed by atoms with E-state index in [-0.39, 0.29) is 0 Å². The number of halogens is 5. The Labute approximate surface area is 173 Å². The number of hydrogen-bond acceptors (Lipinski definition) is 4. The lowest BCUT2D eigenvalue weighted by Crippen LogP contribution is -2.21. The van der Waals surface area contributed by atoms with Crippen LogP contribution in [0.5, 0.6) is 11.5 Å². The highest BCUT2D eigenvalue weighted by atomic mass is 31.1. The van der Waals surface area contributed by atoms with Gasteiger partial charge in [0.25, 0.3) is 0 Å². The molecule has 1 N–H and O–H groups in total. The molecule has 0 aliphatic heterocycles. The molecule has 2 aromatic rings. The van der Waals surface area contributed by atoms with E-state index in [9.17, 15) is 26.7 Å². The molecule has 0 fully saturated rings. The second-order valence-electron chi connectivity index (χ2n) is 5.20. The van der Waals surface area contributed by atoms with E-state index in [1.807, 2.05) is 49.3 Å². The summed E-state index contributed by atoms with van der Waals surface area (Å²) in [6.45, 7) is 7.10. The molecule has 0 saturated carbocycles. The van der Waals surface area contributed by atoms with Gasteiger partial charge in [0.2, 0.25) is 34.8 Å². The van der Waals surface area contributed by atoms with Gasteiger partial charge in [0.05, 0.1) is 13.2 Å². The SMILES string of the molecule is CC.CC(C)OC(=O)NPOc1c(F)c(F)c(F)c(F)c1F.COc1ccccc1. The molecule has 0 spiro atoms. The minimum atomic E-state index is -2.29. The molecule has 0 saturated heterocycles. The summed E-state index contributed by atoms with van der Waals surface area (Å²) < 4.78 is 78.5. The lowest BCUT2D eigenvalue weighted by Gasteiger charge is -2.11. The zero-order valence-corrected chi connectivity index (χ0v) is 18.0. The predicted molar refractivity (Wildman–Crippen MR) is 104 cm³/mol. The number of methoxy groups -OCH3 is 1.